The number of aromatic nitrogens is 3. The van der Waals surface area contributed by atoms with Crippen molar-refractivity contribution in [2.75, 3.05) is 34.9 Å². The molecule has 0 spiro atoms. The lowest BCUT2D eigenvalue weighted by Gasteiger charge is -2.36. The van der Waals surface area contributed by atoms with Gasteiger partial charge in [-0.25, -0.2) is 20.6 Å². The van der Waals surface area contributed by atoms with Crippen LogP contribution in [-0.2, 0) is 13.1 Å². The number of urea groups is 1. The lowest BCUT2D eigenvalue weighted by atomic mass is 10.1. The van der Waals surface area contributed by atoms with Crippen LogP contribution >= 0.6 is 34.5 Å². The van der Waals surface area contributed by atoms with Crippen molar-refractivity contribution in [1.82, 2.24) is 15.0 Å². The Hall–Kier alpha value is -4.04. The van der Waals surface area contributed by atoms with Gasteiger partial charge >= 0.3 is 12.0 Å². The molecule has 202 valence electrons. The molecule has 1 aliphatic rings. The van der Waals surface area contributed by atoms with Crippen molar-refractivity contribution in [2.45, 2.75) is 13.1 Å². The van der Waals surface area contributed by atoms with Gasteiger partial charge in [0.1, 0.15) is 33.0 Å². The first kappa shape index (κ1) is 26.6. The Balaban J connectivity index is 1.56. The standard InChI is InChI=1S/C24H22Cl2N8O4S/c1-36-17-7-18(37-2)20(26)21(19(17)25)32-9-13-8-29-23(38-34(28)16-6-4-3-5-15(16)27)31-22(13)33(24(32)35)10-14-11-39-12-30-14/h3-8,11-12H,9-10,27-28H2,1-2H3. The topological polar surface area (TPSA) is 145 Å². The smallest absolute Gasteiger partial charge is 0.346 e. The Labute approximate surface area is 237 Å². The lowest BCUT2D eigenvalue weighted by Crippen LogP contribution is -2.48. The molecule has 4 aromatic rings. The normalized spacial score (nSPS) is 12.8. The van der Waals surface area contributed by atoms with Crippen molar-refractivity contribution in [3.8, 4) is 17.5 Å². The van der Waals surface area contributed by atoms with Crippen molar-refractivity contribution in [3.63, 3.8) is 0 Å². The quantitative estimate of drug-likeness (QED) is 0.169. The molecule has 1 aliphatic heterocycles. The number of thiazole rings is 1. The van der Waals surface area contributed by atoms with Crippen LogP contribution in [0.5, 0.6) is 17.5 Å². The van der Waals surface area contributed by atoms with E-state index < -0.39 is 6.03 Å². The first-order chi connectivity index (χ1) is 18.8. The number of benzene rings is 2. The molecular formula is C24H22Cl2N8O4S. The molecule has 0 bridgehead atoms. The molecule has 15 heteroatoms. The van der Waals surface area contributed by atoms with Gasteiger partial charge in [0.25, 0.3) is 0 Å². The molecule has 0 radical (unpaired) electrons. The van der Waals surface area contributed by atoms with E-state index in [0.717, 1.165) is 5.17 Å². The van der Waals surface area contributed by atoms with Gasteiger partial charge in [0.2, 0.25) is 0 Å². The zero-order chi connectivity index (χ0) is 27.7. The molecule has 5 rings (SSSR count). The second kappa shape index (κ2) is 11.0. The fourth-order valence-corrected chi connectivity index (χ4v) is 5.23. The van der Waals surface area contributed by atoms with Gasteiger partial charge in [-0.1, -0.05) is 35.3 Å². The lowest BCUT2D eigenvalue weighted by molar-refractivity contribution is 0.248. The van der Waals surface area contributed by atoms with Crippen LogP contribution in [0.25, 0.3) is 0 Å². The number of carbonyl (C=O) groups excluding carboxylic acids is 1. The van der Waals surface area contributed by atoms with Gasteiger partial charge in [-0.05, 0) is 12.1 Å². The number of hydrogen-bond acceptors (Lipinski definition) is 11. The number of ether oxygens (including phenoxy) is 2. The summed E-state index contributed by atoms with van der Waals surface area (Å²) in [4.78, 5) is 35.6. The summed E-state index contributed by atoms with van der Waals surface area (Å²) < 4.78 is 10.8. The Morgan fingerprint density at radius 3 is 2.49 bits per heavy atom. The predicted molar refractivity (Wildman–Crippen MR) is 150 cm³/mol. The molecule has 3 heterocycles. The molecule has 0 unspecified atom stereocenters. The van der Waals surface area contributed by atoms with Gasteiger partial charge in [-0.3, -0.25) is 9.80 Å². The van der Waals surface area contributed by atoms with Gasteiger partial charge in [-0.15, -0.1) is 16.5 Å². The third-order valence-electron chi connectivity index (χ3n) is 5.84. The summed E-state index contributed by atoms with van der Waals surface area (Å²) >= 11 is 14.7. The Morgan fingerprint density at radius 2 is 1.85 bits per heavy atom. The highest BCUT2D eigenvalue weighted by Crippen LogP contribution is 2.48. The fraction of sp³-hybridized carbons (Fsp3) is 0.167. The maximum atomic E-state index is 14.0. The van der Waals surface area contributed by atoms with E-state index >= 15 is 0 Å². The Morgan fingerprint density at radius 1 is 1.13 bits per heavy atom. The van der Waals surface area contributed by atoms with Gasteiger partial charge in [0, 0.05) is 23.2 Å². The van der Waals surface area contributed by atoms with E-state index in [1.165, 1.54) is 41.6 Å². The summed E-state index contributed by atoms with van der Waals surface area (Å²) in [6.07, 6.45) is 1.53. The van der Waals surface area contributed by atoms with Gasteiger partial charge in [-0.2, -0.15) is 4.98 Å². The third kappa shape index (κ3) is 5.04. The molecule has 0 saturated carbocycles. The molecule has 0 atom stereocenters. The molecule has 0 fully saturated rings. The molecule has 0 saturated heterocycles. The number of halogens is 2. The molecule has 2 aromatic heterocycles. The van der Waals surface area contributed by atoms with Crippen molar-refractivity contribution in [2.24, 2.45) is 5.84 Å². The number of nitrogens with two attached hydrogens (primary N) is 2. The van der Waals surface area contributed by atoms with Crippen LogP contribution in [-0.4, -0.2) is 35.2 Å². The molecule has 12 nitrogen and oxygen atoms in total. The summed E-state index contributed by atoms with van der Waals surface area (Å²) in [6, 6.07) is 7.88. The van der Waals surface area contributed by atoms with Crippen LogP contribution in [0.3, 0.4) is 0 Å². The van der Waals surface area contributed by atoms with E-state index in [2.05, 4.69) is 15.0 Å². The summed E-state index contributed by atoms with van der Waals surface area (Å²) in [5.41, 5.74) is 9.95. The summed E-state index contributed by atoms with van der Waals surface area (Å²) in [6.45, 7) is 0.159. The minimum absolute atomic E-state index is 0.0513. The number of hydrazine groups is 1. The van der Waals surface area contributed by atoms with E-state index in [-0.39, 0.29) is 34.8 Å². The predicted octanol–water partition coefficient (Wildman–Crippen LogP) is 4.66. The van der Waals surface area contributed by atoms with E-state index in [0.29, 0.717) is 39.9 Å². The average molecular weight is 589 g/mol. The van der Waals surface area contributed by atoms with Gasteiger partial charge in [0.05, 0.1) is 49.9 Å². The number of anilines is 4. The van der Waals surface area contributed by atoms with E-state index in [9.17, 15) is 4.79 Å². The highest BCUT2D eigenvalue weighted by molar-refractivity contribution is 7.07. The van der Waals surface area contributed by atoms with Crippen molar-refractivity contribution < 1.29 is 19.1 Å². The first-order valence-electron chi connectivity index (χ1n) is 11.3. The summed E-state index contributed by atoms with van der Waals surface area (Å²) in [7, 11) is 2.92. The number of amides is 2. The Bertz CT molecular complexity index is 1500. The molecular weight excluding hydrogens is 567 g/mol. The summed E-state index contributed by atoms with van der Waals surface area (Å²) in [5, 5.41) is 3.09. The van der Waals surface area contributed by atoms with E-state index in [1.54, 1.807) is 35.8 Å². The van der Waals surface area contributed by atoms with Crippen LogP contribution in [0.1, 0.15) is 11.3 Å². The maximum absolute atomic E-state index is 14.0. The number of fused-ring (bicyclic) bond motifs is 1. The SMILES string of the molecule is COc1cc(OC)c(Cl)c(N2Cc3cnc(ON(N)c4ccccc4N)nc3N(Cc3cscn3)C2=O)c1Cl. The molecule has 39 heavy (non-hydrogen) atoms. The summed E-state index contributed by atoms with van der Waals surface area (Å²) in [5.74, 6) is 6.96. The number of carbonyl (C=O) groups is 1. The van der Waals surface area contributed by atoms with Crippen LogP contribution in [0.15, 0.2) is 47.4 Å². The minimum Gasteiger partial charge on any atom is -0.495 e. The molecule has 0 aliphatic carbocycles. The van der Waals surface area contributed by atoms with Crippen molar-refractivity contribution in [3.05, 3.63) is 68.7 Å². The highest BCUT2D eigenvalue weighted by Gasteiger charge is 2.37. The van der Waals surface area contributed by atoms with Crippen LogP contribution in [0.2, 0.25) is 10.0 Å². The number of rotatable bonds is 8. The largest absolute Gasteiger partial charge is 0.495 e. The maximum Gasteiger partial charge on any atom is 0.346 e. The third-order valence-corrected chi connectivity index (χ3v) is 7.21. The van der Waals surface area contributed by atoms with Crippen molar-refractivity contribution >= 4 is 63.4 Å². The molecule has 4 N–H and O–H groups in total. The average Bonchev–Trinajstić information content (AvgIpc) is 3.45. The van der Waals surface area contributed by atoms with Crippen LogP contribution < -0.4 is 40.9 Å². The number of nitrogens with zero attached hydrogens (tertiary/aromatic N) is 6. The number of hydrogen-bond donors (Lipinski definition) is 2. The van der Waals surface area contributed by atoms with Crippen molar-refractivity contribution in [1.29, 1.82) is 0 Å². The highest BCUT2D eigenvalue weighted by atomic mass is 35.5. The number of para-hydroxylation sites is 2. The number of nitrogen functional groups attached to an aromatic ring is 1. The van der Waals surface area contributed by atoms with Gasteiger partial charge in [0.15, 0.2) is 0 Å². The molecule has 2 aromatic carbocycles. The second-order valence-electron chi connectivity index (χ2n) is 8.17. The van der Waals surface area contributed by atoms with Gasteiger partial charge < -0.3 is 20.0 Å². The minimum atomic E-state index is -0.462. The number of methoxy groups -OCH3 is 2. The first-order valence-corrected chi connectivity index (χ1v) is 13.0. The van der Waals surface area contributed by atoms with Crippen LogP contribution in [0.4, 0.5) is 27.7 Å². The van der Waals surface area contributed by atoms with Crippen LogP contribution in [0, 0.1) is 0 Å². The van der Waals surface area contributed by atoms with E-state index in [4.69, 9.17) is 49.1 Å². The molecule has 2 amide bonds. The fourth-order valence-electron chi connectivity index (χ4n) is 3.98. The monoisotopic (exact) mass is 588 g/mol. The van der Waals surface area contributed by atoms with E-state index in [1.807, 2.05) is 5.38 Å². The zero-order valence-electron chi connectivity index (χ0n) is 20.7. The zero-order valence-corrected chi connectivity index (χ0v) is 23.0. The second-order valence-corrected chi connectivity index (χ2v) is 9.64. The Kier molecular flexibility index (Phi) is 7.48.